The van der Waals surface area contributed by atoms with Crippen molar-refractivity contribution in [3.05, 3.63) is 0 Å². The molecule has 98 valence electrons. The maximum absolute atomic E-state index is 12.1. The van der Waals surface area contributed by atoms with E-state index in [4.69, 9.17) is 5.11 Å². The van der Waals surface area contributed by atoms with Gasteiger partial charge in [0.25, 0.3) is 0 Å². The Hall–Kier alpha value is -1.47. The summed E-state index contributed by atoms with van der Waals surface area (Å²) >= 11 is 0. The second-order valence-corrected chi connectivity index (χ2v) is 3.94. The van der Waals surface area contributed by atoms with Gasteiger partial charge in [0.15, 0.2) is 0 Å². The Morgan fingerprint density at radius 3 is 2.53 bits per heavy atom. The van der Waals surface area contributed by atoms with E-state index in [1.165, 1.54) is 0 Å². The van der Waals surface area contributed by atoms with Gasteiger partial charge in [0.1, 0.15) is 12.6 Å². The summed E-state index contributed by atoms with van der Waals surface area (Å²) in [7, 11) is 1.01. The van der Waals surface area contributed by atoms with Crippen molar-refractivity contribution in [1.29, 1.82) is 0 Å². The molecule has 5 nitrogen and oxygen atoms in total. The highest BCUT2D eigenvalue weighted by Crippen LogP contribution is 2.21. The zero-order chi connectivity index (χ0) is 13.2. The topological polar surface area (TPSA) is 60.9 Å². The van der Waals surface area contributed by atoms with Crippen molar-refractivity contribution >= 4 is 12.0 Å². The van der Waals surface area contributed by atoms with E-state index in [2.05, 4.69) is 0 Å². The largest absolute Gasteiger partial charge is 0.480 e. The Labute approximate surface area is 95.8 Å². The maximum atomic E-state index is 12.1. The molecule has 1 aliphatic heterocycles. The molecule has 1 heterocycles. The summed E-state index contributed by atoms with van der Waals surface area (Å²) < 4.78 is 36.2. The number of hydrogen-bond donors (Lipinski definition) is 1. The van der Waals surface area contributed by atoms with Crippen molar-refractivity contribution in [3.63, 3.8) is 0 Å². The average molecular weight is 254 g/mol. The number of carboxylic acids is 1. The van der Waals surface area contributed by atoms with Gasteiger partial charge in [0, 0.05) is 13.6 Å². The molecule has 0 aromatic carbocycles. The summed E-state index contributed by atoms with van der Waals surface area (Å²) in [5.41, 5.74) is 0. The third kappa shape index (κ3) is 3.50. The van der Waals surface area contributed by atoms with Crippen LogP contribution in [0.1, 0.15) is 12.8 Å². The van der Waals surface area contributed by atoms with Crippen LogP contribution in [-0.2, 0) is 4.79 Å². The summed E-state index contributed by atoms with van der Waals surface area (Å²) in [6.45, 7) is -1.20. The lowest BCUT2D eigenvalue weighted by Gasteiger charge is -2.28. The molecular weight excluding hydrogens is 241 g/mol. The van der Waals surface area contributed by atoms with Crippen molar-refractivity contribution < 1.29 is 27.9 Å². The van der Waals surface area contributed by atoms with E-state index in [0.29, 0.717) is 11.3 Å². The monoisotopic (exact) mass is 254 g/mol. The first-order valence-corrected chi connectivity index (χ1v) is 5.03. The Morgan fingerprint density at radius 2 is 2.06 bits per heavy atom. The van der Waals surface area contributed by atoms with Gasteiger partial charge >= 0.3 is 18.2 Å². The lowest BCUT2D eigenvalue weighted by molar-refractivity contribution is -0.142. The number of likely N-dealkylation sites (tertiary alicyclic amines) is 1. The molecule has 1 rings (SSSR count). The van der Waals surface area contributed by atoms with Crippen molar-refractivity contribution in [3.8, 4) is 0 Å². The van der Waals surface area contributed by atoms with Gasteiger partial charge in [-0.3, -0.25) is 0 Å². The molecule has 0 radical (unpaired) electrons. The van der Waals surface area contributed by atoms with Gasteiger partial charge in [0.05, 0.1) is 0 Å². The molecule has 0 aliphatic carbocycles. The lowest BCUT2D eigenvalue weighted by Crippen LogP contribution is -2.48. The number of aliphatic carboxylic acids is 1. The van der Waals surface area contributed by atoms with Crippen molar-refractivity contribution in [1.82, 2.24) is 9.80 Å². The highest BCUT2D eigenvalue weighted by Gasteiger charge is 2.38. The number of amides is 2. The number of hydrogen-bond acceptors (Lipinski definition) is 2. The number of nitrogens with zero attached hydrogens (tertiary/aromatic N) is 2. The molecule has 1 saturated heterocycles. The Morgan fingerprint density at radius 1 is 1.47 bits per heavy atom. The van der Waals surface area contributed by atoms with E-state index in [-0.39, 0.29) is 13.0 Å². The van der Waals surface area contributed by atoms with E-state index in [1.807, 2.05) is 0 Å². The minimum Gasteiger partial charge on any atom is -0.480 e. The van der Waals surface area contributed by atoms with Crippen LogP contribution in [0.3, 0.4) is 0 Å². The number of rotatable bonds is 2. The standard InChI is InChI=1S/C9H13F3N2O3/c1-13(5-9(10,11)12)8(17)14-4-2-3-6(14)7(15)16/h6H,2-5H2,1H3,(H,15,16). The Kier molecular flexibility index (Phi) is 3.84. The number of carbonyl (C=O) groups is 2. The van der Waals surface area contributed by atoms with Gasteiger partial charge in [-0.15, -0.1) is 0 Å². The van der Waals surface area contributed by atoms with Crippen LogP contribution in [0.5, 0.6) is 0 Å². The van der Waals surface area contributed by atoms with E-state index in [1.54, 1.807) is 0 Å². The summed E-state index contributed by atoms with van der Waals surface area (Å²) in [6.07, 6.45) is -3.72. The summed E-state index contributed by atoms with van der Waals surface area (Å²) in [4.78, 5) is 23.9. The molecule has 17 heavy (non-hydrogen) atoms. The van der Waals surface area contributed by atoms with Crippen LogP contribution < -0.4 is 0 Å². The first-order chi connectivity index (χ1) is 7.72. The maximum Gasteiger partial charge on any atom is 0.406 e. The molecule has 1 aliphatic rings. The van der Waals surface area contributed by atoms with Gasteiger partial charge in [-0.2, -0.15) is 13.2 Å². The summed E-state index contributed by atoms with van der Waals surface area (Å²) in [6, 6.07) is -1.91. The van der Waals surface area contributed by atoms with E-state index in [0.717, 1.165) is 11.9 Å². The highest BCUT2D eigenvalue weighted by atomic mass is 19.4. The normalized spacial score (nSPS) is 20.5. The number of urea groups is 1. The Balaban J connectivity index is 2.66. The van der Waals surface area contributed by atoms with Crippen molar-refractivity contribution in [2.24, 2.45) is 0 Å². The average Bonchev–Trinajstić information content (AvgIpc) is 2.61. The van der Waals surface area contributed by atoms with Crippen LogP contribution in [-0.4, -0.2) is 59.3 Å². The van der Waals surface area contributed by atoms with Crippen LogP contribution in [0.15, 0.2) is 0 Å². The lowest BCUT2D eigenvalue weighted by atomic mass is 10.2. The zero-order valence-corrected chi connectivity index (χ0v) is 9.20. The Bertz CT molecular complexity index is 319. The number of halogens is 3. The minimum absolute atomic E-state index is 0.179. The van der Waals surface area contributed by atoms with Crippen molar-refractivity contribution in [2.45, 2.75) is 25.1 Å². The predicted molar refractivity (Wildman–Crippen MR) is 51.4 cm³/mol. The van der Waals surface area contributed by atoms with Gasteiger partial charge in [0.2, 0.25) is 0 Å². The number of carbonyl (C=O) groups excluding carboxylic acids is 1. The number of carboxylic acid groups (broad SMARTS) is 1. The first kappa shape index (κ1) is 13.6. The third-order valence-electron chi connectivity index (χ3n) is 2.53. The molecule has 1 fully saturated rings. The van der Waals surface area contributed by atoms with E-state index in [9.17, 15) is 22.8 Å². The van der Waals surface area contributed by atoms with E-state index >= 15 is 0 Å². The molecule has 0 aromatic rings. The quantitative estimate of drug-likeness (QED) is 0.804. The fraction of sp³-hybridized carbons (Fsp3) is 0.778. The molecule has 8 heteroatoms. The van der Waals surface area contributed by atoms with Gasteiger partial charge in [-0.1, -0.05) is 0 Å². The summed E-state index contributed by atoms with van der Waals surface area (Å²) in [5.74, 6) is -1.18. The number of alkyl halides is 3. The van der Waals surface area contributed by atoms with Gasteiger partial charge in [-0.25, -0.2) is 9.59 Å². The van der Waals surface area contributed by atoms with E-state index < -0.39 is 30.8 Å². The zero-order valence-electron chi connectivity index (χ0n) is 9.20. The molecule has 2 amide bonds. The second kappa shape index (κ2) is 4.80. The molecule has 0 aromatic heterocycles. The van der Waals surface area contributed by atoms with Crippen LogP contribution in [0.4, 0.5) is 18.0 Å². The molecule has 1 unspecified atom stereocenters. The van der Waals surface area contributed by atoms with Crippen LogP contribution in [0.2, 0.25) is 0 Å². The van der Waals surface area contributed by atoms with Gasteiger partial charge in [-0.05, 0) is 12.8 Å². The third-order valence-corrected chi connectivity index (χ3v) is 2.53. The minimum atomic E-state index is -4.48. The highest BCUT2D eigenvalue weighted by molar-refractivity contribution is 5.83. The van der Waals surface area contributed by atoms with Crippen LogP contribution >= 0.6 is 0 Å². The smallest absolute Gasteiger partial charge is 0.406 e. The fourth-order valence-electron chi connectivity index (χ4n) is 1.81. The summed E-state index contributed by atoms with van der Waals surface area (Å²) in [5, 5.41) is 8.81. The molecule has 1 N–H and O–H groups in total. The van der Waals surface area contributed by atoms with Crippen molar-refractivity contribution in [2.75, 3.05) is 20.1 Å². The molecule has 0 bridgehead atoms. The van der Waals surface area contributed by atoms with Gasteiger partial charge < -0.3 is 14.9 Å². The fourth-order valence-corrected chi connectivity index (χ4v) is 1.81. The molecule has 0 saturated carbocycles. The first-order valence-electron chi connectivity index (χ1n) is 5.03. The molecule has 1 atom stereocenters. The molecule has 0 spiro atoms. The van der Waals surface area contributed by atoms with Crippen LogP contribution in [0, 0.1) is 0 Å². The predicted octanol–water partition coefficient (Wildman–Crippen LogP) is 1.15. The SMILES string of the molecule is CN(CC(F)(F)F)C(=O)N1CCCC1C(=O)O. The van der Waals surface area contributed by atoms with Crippen LogP contribution in [0.25, 0.3) is 0 Å². The molecular formula is C9H13F3N2O3. The second-order valence-electron chi connectivity index (χ2n) is 3.94.